The van der Waals surface area contributed by atoms with Crippen LogP contribution in [0.2, 0.25) is 0 Å². The molecule has 13 atom stereocenters. The van der Waals surface area contributed by atoms with Gasteiger partial charge in [0.1, 0.15) is 89.8 Å². The summed E-state index contributed by atoms with van der Waals surface area (Å²) in [6.45, 7) is 2.17. The minimum atomic E-state index is -3.98. The number of carbonyl (C=O) groups excluding carboxylic acids is 16. The van der Waals surface area contributed by atoms with Crippen LogP contribution in [0.5, 0.6) is 0 Å². The lowest BCUT2D eigenvalue weighted by atomic mass is 9.99. The monoisotopic (exact) mass is 1970 g/mol. The van der Waals surface area contributed by atoms with Crippen molar-refractivity contribution in [2.24, 2.45) is 17.2 Å². The quantitative estimate of drug-likeness (QED) is 0.0164. The van der Waals surface area contributed by atoms with Crippen molar-refractivity contribution in [3.8, 4) is 0 Å². The first kappa shape index (κ1) is 115. The zero-order valence-corrected chi connectivity index (χ0v) is 80.1. The van der Waals surface area contributed by atoms with Gasteiger partial charge in [-0.2, -0.15) is 0 Å². The molecule has 2 fully saturated rings. The summed E-state index contributed by atoms with van der Waals surface area (Å²) in [6.07, 6.45) is 10.4. The van der Waals surface area contributed by atoms with Gasteiger partial charge in [0.15, 0.2) is 15.8 Å². The molecule has 0 spiro atoms. The van der Waals surface area contributed by atoms with Crippen molar-refractivity contribution < 1.29 is 115 Å². The van der Waals surface area contributed by atoms with Crippen LogP contribution in [0.4, 0.5) is 0 Å². The molecular weight excluding hydrogens is 1830 g/mol. The lowest BCUT2D eigenvalue weighted by Crippen LogP contribution is -2.61. The summed E-state index contributed by atoms with van der Waals surface area (Å²) in [6, 6.07) is -4.69. The molecular formula is C94H142N20O24S. The molecule has 44 nitrogen and oxygen atoms in total. The number of hydrogen-bond acceptors (Lipinski definition) is 24. The van der Waals surface area contributed by atoms with E-state index in [2.05, 4.69) is 85.7 Å². The molecule has 139 heavy (non-hydrogen) atoms. The van der Waals surface area contributed by atoms with E-state index >= 15 is 19.2 Å². The fourth-order valence-electron chi connectivity index (χ4n) is 16.4. The van der Waals surface area contributed by atoms with Crippen LogP contribution < -0.4 is 81.0 Å². The molecule has 0 radical (unpaired) electrons. The predicted molar refractivity (Wildman–Crippen MR) is 509 cm³/mol. The lowest BCUT2D eigenvalue weighted by molar-refractivity contribution is -0.143. The Kier molecular flexibility index (Phi) is 50.8. The highest BCUT2D eigenvalue weighted by Crippen LogP contribution is 2.25. The number of sulfone groups is 1. The van der Waals surface area contributed by atoms with E-state index in [-0.39, 0.29) is 95.7 Å². The van der Waals surface area contributed by atoms with E-state index < -0.39 is 296 Å². The van der Waals surface area contributed by atoms with Crippen LogP contribution in [0, 0.1) is 5.41 Å². The highest BCUT2D eigenvalue weighted by Gasteiger charge is 2.45. The van der Waals surface area contributed by atoms with Crippen LogP contribution in [0.3, 0.4) is 0 Å². The number of carboxylic acid groups (broad SMARTS) is 2. The molecule has 0 aliphatic carbocycles. The molecule has 0 unspecified atom stereocenters. The van der Waals surface area contributed by atoms with Crippen LogP contribution in [-0.4, -0.2) is 271 Å². The summed E-state index contributed by atoms with van der Waals surface area (Å²) < 4.78 is 26.0. The van der Waals surface area contributed by atoms with Crippen LogP contribution in [0.15, 0.2) is 73.3 Å². The molecule has 14 amide bonds. The van der Waals surface area contributed by atoms with E-state index in [1.54, 1.807) is 67.7 Å². The Bertz CT molecular complexity index is 4870. The molecule has 2 aromatic carbocycles. The Labute approximate surface area is 808 Å². The van der Waals surface area contributed by atoms with Gasteiger partial charge in [0.2, 0.25) is 82.7 Å². The number of fused-ring (bicyclic) bond motifs is 2. The molecule has 4 aromatic rings. The number of nitrogens with two attached hydrogens (primary N) is 3. The number of aliphatic carboxylic acids is 2. The molecule has 768 valence electrons. The number of carboxylic acids is 2. The van der Waals surface area contributed by atoms with Crippen molar-refractivity contribution in [1.29, 1.82) is 5.41 Å². The Morgan fingerprint density at radius 1 is 0.547 bits per heavy atom. The Morgan fingerprint density at radius 3 is 1.68 bits per heavy atom. The molecule has 2 saturated heterocycles. The SMILES string of the molecule is CCCCCCCCCCCCCCCC(=O)CS(=O)(=O)CCCC(=O)N[C@@H](CCC(=O)O)C(=O)N[C@@H](CO)C(=O)N[C@@H](CCC(N)=O)C(=O)N[C@@H](Cc1c[nH]cn1)C(=O)N[C@@H](CCC(=O)O)C(=O)N[C@@H](CCCC)C(=O)N[C@H]1CCC(=O)CCCCC[C@@H](C(N)=O)NC(=O)[C@H](Cc2c[nH]c3ccccc23)NC(=O)[C@H](CCCNC(=N)N)NC(=O)[C@@H](Cc2ccccc2)NC(=O)[C@@H]2C[C@@H](O)CN2C1=O. The third-order valence-electron chi connectivity index (χ3n) is 24.2. The number of nitrogens with zero attached hydrogens (tertiary/aromatic N) is 2. The number of benzene rings is 2. The van der Waals surface area contributed by atoms with Crippen molar-refractivity contribution in [3.63, 3.8) is 0 Å². The molecule has 4 heterocycles. The van der Waals surface area contributed by atoms with Crippen LogP contribution in [-0.2, 0) is 115 Å². The number of para-hydroxylation sites is 1. The van der Waals surface area contributed by atoms with Gasteiger partial charge in [0, 0.05) is 107 Å². The van der Waals surface area contributed by atoms with Crippen LogP contribution >= 0.6 is 0 Å². The number of hydrogen-bond donors (Lipinski definition) is 22. The topological polar surface area (TPSA) is 716 Å². The van der Waals surface area contributed by atoms with Gasteiger partial charge in [0.25, 0.3) is 0 Å². The first-order valence-corrected chi connectivity index (χ1v) is 50.0. The van der Waals surface area contributed by atoms with Crippen molar-refractivity contribution in [2.45, 2.75) is 336 Å². The largest absolute Gasteiger partial charge is 0.481 e. The lowest BCUT2D eigenvalue weighted by Gasteiger charge is -2.31. The number of carbonyl (C=O) groups is 18. The number of aromatic amines is 2. The van der Waals surface area contributed by atoms with E-state index in [0.29, 0.717) is 34.9 Å². The highest BCUT2D eigenvalue weighted by molar-refractivity contribution is 7.92. The van der Waals surface area contributed by atoms with E-state index in [4.69, 9.17) is 22.6 Å². The molecule has 2 aromatic heterocycles. The maximum absolute atomic E-state index is 15.4. The number of aliphatic hydroxyl groups excluding tert-OH is 2. The summed E-state index contributed by atoms with van der Waals surface area (Å²) in [7, 11) is -3.98. The Hall–Kier alpha value is -12.8. The standard InChI is InChI=1S/C94H142N20O24S/c1-3-5-7-8-9-10-11-12-13-14-15-16-21-31-62(117)56-139(137,138)47-27-37-79(120)103-69(41-44-80(121)122)85(128)113-76(55-115)91(134)108-70(40-43-78(95)119)87(130)111-75(50-60-53-99-57-102-60)90(133)107-71(42-45-81(123)124)86(129)105-67(33-6-4-2)83(126)109-72-39-38-61(116)30-22-18-23-35-66(82(96)125)104-89(132)74(49-59-52-101-65-34-25-24-32-64(59)65)110-84(127)68(36-26-46-100-94(97)98)106-88(131)73(48-58-28-19-17-20-29-58)112-92(135)77-51-63(118)54-114(77)93(72)136/h17,19-20,24-25,28-29,32,34,52-53,57,63,66-77,101,115,118H,3-16,18,21-23,26-27,30-31,33,35-51,54-56H2,1-2H3,(H2,95,119)(H2,96,125)(H,99,102)(H,103,120)(H,104,132)(H,105,129)(H,106,131)(H,107,133)(H,108,134)(H,109,126)(H,110,127)(H,111,130)(H,112,135)(H,113,128)(H,121,122)(H,123,124)(H4,97,98,100)/t63-,66+,67+,68+,69+,70+,71+,72+,73-,74+,75+,76+,77+/m1/s1. The average molecular weight is 1970 g/mol. The van der Waals surface area contributed by atoms with Gasteiger partial charge in [0.05, 0.1) is 30.5 Å². The van der Waals surface area contributed by atoms with Gasteiger partial charge in [-0.1, -0.05) is 165 Å². The number of unbranched alkanes of at least 4 members (excludes halogenated alkanes) is 13. The Balaban J connectivity index is 1.21. The van der Waals surface area contributed by atoms with Crippen molar-refractivity contribution >= 4 is 133 Å². The van der Waals surface area contributed by atoms with Crippen molar-refractivity contribution in [3.05, 3.63) is 90.1 Å². The fourth-order valence-corrected chi connectivity index (χ4v) is 17.8. The summed E-state index contributed by atoms with van der Waals surface area (Å²) in [5.74, 6) is -20.4. The van der Waals surface area contributed by atoms with E-state index in [9.17, 15) is 96.0 Å². The maximum atomic E-state index is 15.4. The number of aromatic nitrogens is 3. The number of nitrogens with one attached hydrogen (secondary N) is 15. The number of imidazole rings is 1. The smallest absolute Gasteiger partial charge is 0.303 e. The third kappa shape index (κ3) is 43.0. The predicted octanol–water partition coefficient (Wildman–Crippen LogP) is 0.698. The second-order valence-corrected chi connectivity index (χ2v) is 37.8. The molecule has 0 bridgehead atoms. The number of ketones is 2. The molecule has 25 N–H and O–H groups in total. The summed E-state index contributed by atoms with van der Waals surface area (Å²) >= 11 is 0. The molecule has 6 rings (SSSR count). The molecule has 2 aliphatic heterocycles. The van der Waals surface area contributed by atoms with Crippen LogP contribution in [0.25, 0.3) is 10.9 Å². The number of aliphatic hydroxyl groups is 2. The van der Waals surface area contributed by atoms with Gasteiger partial charge in [-0.3, -0.25) is 91.7 Å². The minimum absolute atomic E-state index is 0.0308. The third-order valence-corrected chi connectivity index (χ3v) is 25.8. The number of Topliss-reactive ketones (excluding diaryl/α,β-unsaturated/α-hetero) is 2. The first-order valence-electron chi connectivity index (χ1n) is 48.2. The van der Waals surface area contributed by atoms with Crippen molar-refractivity contribution in [2.75, 3.05) is 31.2 Å². The number of H-pyrrole nitrogens is 2. The molecule has 2 aliphatic rings. The molecule has 45 heteroatoms. The number of primary amides is 2. The van der Waals surface area contributed by atoms with Gasteiger partial charge in [-0.05, 0) is 87.8 Å². The maximum Gasteiger partial charge on any atom is 0.303 e. The summed E-state index contributed by atoms with van der Waals surface area (Å²) in [5.41, 5.74) is 18.8. The zero-order chi connectivity index (χ0) is 102. The summed E-state index contributed by atoms with van der Waals surface area (Å²) in [4.78, 5) is 263. The fraction of sp³-hybridized carbons (Fsp3) is 0.617. The Morgan fingerprint density at radius 2 is 1.09 bits per heavy atom. The van der Waals surface area contributed by atoms with Crippen molar-refractivity contribution in [1.82, 2.24) is 83.7 Å². The minimum Gasteiger partial charge on any atom is -0.481 e. The number of guanidine groups is 1. The zero-order valence-electron chi connectivity index (χ0n) is 79.3. The van der Waals surface area contributed by atoms with Gasteiger partial charge in [-0.15, -0.1) is 0 Å². The van der Waals surface area contributed by atoms with Crippen LogP contribution in [0.1, 0.15) is 255 Å². The van der Waals surface area contributed by atoms with Gasteiger partial charge >= 0.3 is 11.9 Å². The summed E-state index contributed by atoms with van der Waals surface area (Å²) in [5, 5.41) is 80.3. The second kappa shape index (κ2) is 61.5. The highest BCUT2D eigenvalue weighted by atomic mass is 32.2. The average Bonchev–Trinajstić information content (AvgIpc) is 1.67. The van der Waals surface area contributed by atoms with E-state index in [0.717, 1.165) is 37.0 Å². The normalized spacial score (nSPS) is 19.0. The second-order valence-electron chi connectivity index (χ2n) is 35.6. The van der Waals surface area contributed by atoms with E-state index in [1.807, 2.05) is 0 Å². The molecule has 0 saturated carbocycles. The number of amides is 14. The number of rotatable bonds is 57. The first-order chi connectivity index (χ1) is 66.4. The van der Waals surface area contributed by atoms with Gasteiger partial charge in [-0.25, -0.2) is 13.4 Å². The van der Waals surface area contributed by atoms with Gasteiger partial charge < -0.3 is 116 Å². The van der Waals surface area contributed by atoms with E-state index in [1.165, 1.54) is 57.5 Å².